The van der Waals surface area contributed by atoms with Gasteiger partial charge in [0.05, 0.1) is 13.2 Å². The van der Waals surface area contributed by atoms with Crippen LogP contribution in [-0.2, 0) is 19.4 Å². The van der Waals surface area contributed by atoms with Gasteiger partial charge in [-0.05, 0) is 25.1 Å². The molecule has 0 saturated carbocycles. The van der Waals surface area contributed by atoms with Gasteiger partial charge in [0.15, 0.2) is 9.84 Å². The molecule has 1 aliphatic heterocycles. The Morgan fingerprint density at radius 1 is 1.29 bits per heavy atom. The molecule has 0 aromatic heterocycles. The number of carbonyl (C=O) groups is 1. The van der Waals surface area contributed by atoms with E-state index in [-0.39, 0.29) is 13.1 Å². The molecule has 8 heteroatoms. The quantitative estimate of drug-likeness (QED) is 0.833. The van der Waals surface area contributed by atoms with E-state index in [1.165, 1.54) is 11.8 Å². The normalized spacial score (nSPS) is 17.6. The molecule has 1 atom stereocenters. The number of carbonyl (C=O) groups excluding carboxylic acids is 1. The van der Waals surface area contributed by atoms with Gasteiger partial charge in [-0.1, -0.05) is 0 Å². The maximum Gasteiger partial charge on any atom is 0.241 e. The molecule has 0 N–H and O–H groups in total. The molecule has 1 fully saturated rings. The van der Waals surface area contributed by atoms with Crippen molar-refractivity contribution >= 4 is 15.7 Å². The largest absolute Gasteiger partial charge is 0.378 e. The van der Waals surface area contributed by atoms with Gasteiger partial charge >= 0.3 is 0 Å². The summed E-state index contributed by atoms with van der Waals surface area (Å²) in [6.45, 7) is 2.39. The van der Waals surface area contributed by atoms with Crippen molar-refractivity contribution in [3.05, 3.63) is 29.8 Å². The number of ether oxygens (including phenoxy) is 1. The smallest absolute Gasteiger partial charge is 0.241 e. The van der Waals surface area contributed by atoms with Crippen molar-refractivity contribution < 1.29 is 26.7 Å². The van der Waals surface area contributed by atoms with Gasteiger partial charge in [-0.15, -0.1) is 0 Å². The van der Waals surface area contributed by atoms with Crippen LogP contribution in [-0.4, -0.2) is 50.8 Å². The molecular formula is C13H15F2NO4S. The van der Waals surface area contributed by atoms with Gasteiger partial charge < -0.3 is 9.64 Å². The van der Waals surface area contributed by atoms with E-state index in [2.05, 4.69) is 0 Å². The molecule has 0 bridgehead atoms. The summed E-state index contributed by atoms with van der Waals surface area (Å²) in [6, 6.07) is 2.14. The molecular weight excluding hydrogens is 304 g/mol. The predicted molar refractivity (Wildman–Crippen MR) is 70.4 cm³/mol. The van der Waals surface area contributed by atoms with Gasteiger partial charge in [-0.2, -0.15) is 0 Å². The maximum atomic E-state index is 13.6. The Morgan fingerprint density at radius 3 is 2.52 bits per heavy atom. The second-order valence-corrected chi connectivity index (χ2v) is 6.94. The van der Waals surface area contributed by atoms with Gasteiger partial charge in [0, 0.05) is 13.1 Å². The van der Waals surface area contributed by atoms with Gasteiger partial charge in [0.2, 0.25) is 5.91 Å². The minimum absolute atomic E-state index is 0.282. The van der Waals surface area contributed by atoms with Crippen LogP contribution in [0.4, 0.5) is 8.78 Å². The maximum absolute atomic E-state index is 13.6. The van der Waals surface area contributed by atoms with Crippen LogP contribution in [0.1, 0.15) is 6.92 Å². The van der Waals surface area contributed by atoms with Crippen molar-refractivity contribution in [3.63, 3.8) is 0 Å². The molecule has 1 unspecified atom stereocenters. The highest BCUT2D eigenvalue weighted by Gasteiger charge is 2.35. The molecule has 1 heterocycles. The zero-order valence-electron chi connectivity index (χ0n) is 11.4. The third-order valence-corrected chi connectivity index (χ3v) is 5.39. The Hall–Kier alpha value is -1.54. The summed E-state index contributed by atoms with van der Waals surface area (Å²) in [5.74, 6) is -2.58. The second-order valence-electron chi connectivity index (χ2n) is 4.70. The number of rotatable bonds is 3. The lowest BCUT2D eigenvalue weighted by Gasteiger charge is -2.29. The number of nitrogens with zero attached hydrogens (tertiary/aromatic N) is 1. The lowest BCUT2D eigenvalue weighted by molar-refractivity contribution is -0.134. The minimum Gasteiger partial charge on any atom is -0.378 e. The average molecular weight is 319 g/mol. The molecule has 5 nitrogen and oxygen atoms in total. The van der Waals surface area contributed by atoms with Crippen molar-refractivity contribution in [3.8, 4) is 0 Å². The fraction of sp³-hybridized carbons (Fsp3) is 0.462. The van der Waals surface area contributed by atoms with Crippen molar-refractivity contribution in [2.24, 2.45) is 0 Å². The number of hydrogen-bond acceptors (Lipinski definition) is 4. The van der Waals surface area contributed by atoms with Crippen LogP contribution in [0.2, 0.25) is 0 Å². The van der Waals surface area contributed by atoms with Crippen LogP contribution < -0.4 is 0 Å². The van der Waals surface area contributed by atoms with Gasteiger partial charge in [0.1, 0.15) is 21.8 Å². The first kappa shape index (κ1) is 15.8. The summed E-state index contributed by atoms with van der Waals surface area (Å²) >= 11 is 0. The van der Waals surface area contributed by atoms with Crippen molar-refractivity contribution in [2.45, 2.75) is 17.1 Å². The monoisotopic (exact) mass is 319 g/mol. The van der Waals surface area contributed by atoms with E-state index in [1.54, 1.807) is 0 Å². The molecule has 21 heavy (non-hydrogen) atoms. The fourth-order valence-electron chi connectivity index (χ4n) is 2.06. The first-order valence-corrected chi connectivity index (χ1v) is 7.94. The molecule has 1 aromatic carbocycles. The van der Waals surface area contributed by atoms with E-state index in [0.29, 0.717) is 19.3 Å². The molecule has 1 aromatic rings. The average Bonchev–Trinajstić information content (AvgIpc) is 2.49. The lowest BCUT2D eigenvalue weighted by atomic mass is 10.3. The van der Waals surface area contributed by atoms with Gasteiger partial charge in [0.25, 0.3) is 0 Å². The Morgan fingerprint density at radius 2 is 1.90 bits per heavy atom. The minimum atomic E-state index is -4.29. The van der Waals surface area contributed by atoms with Crippen LogP contribution in [0, 0.1) is 11.6 Å². The number of morpholine rings is 1. The zero-order chi connectivity index (χ0) is 15.6. The molecule has 1 amide bonds. The first-order valence-electron chi connectivity index (χ1n) is 6.39. The summed E-state index contributed by atoms with van der Waals surface area (Å²) in [5.41, 5.74) is 0. The van der Waals surface area contributed by atoms with Crippen LogP contribution >= 0.6 is 0 Å². The van der Waals surface area contributed by atoms with Crippen LogP contribution in [0.5, 0.6) is 0 Å². The van der Waals surface area contributed by atoms with E-state index in [9.17, 15) is 22.0 Å². The zero-order valence-corrected chi connectivity index (χ0v) is 12.2. The fourth-order valence-corrected chi connectivity index (χ4v) is 3.47. The molecule has 0 aliphatic carbocycles. The highest BCUT2D eigenvalue weighted by atomic mass is 32.2. The molecule has 0 spiro atoms. The van der Waals surface area contributed by atoms with E-state index >= 15 is 0 Å². The molecule has 1 saturated heterocycles. The first-order chi connectivity index (χ1) is 9.84. The molecule has 0 radical (unpaired) electrons. The SMILES string of the molecule is CC(C(=O)N1CCOCC1)S(=O)(=O)c1cc(F)ccc1F. The summed E-state index contributed by atoms with van der Waals surface area (Å²) < 4.78 is 56.5. The van der Waals surface area contributed by atoms with Crippen molar-refractivity contribution in [1.29, 1.82) is 0 Å². The van der Waals surface area contributed by atoms with Crippen molar-refractivity contribution in [1.82, 2.24) is 4.90 Å². The predicted octanol–water partition coefficient (Wildman–Crippen LogP) is 0.986. The van der Waals surface area contributed by atoms with Gasteiger partial charge in [-0.3, -0.25) is 4.79 Å². The van der Waals surface area contributed by atoms with Gasteiger partial charge in [-0.25, -0.2) is 17.2 Å². The highest BCUT2D eigenvalue weighted by Crippen LogP contribution is 2.22. The van der Waals surface area contributed by atoms with Crippen LogP contribution in [0.3, 0.4) is 0 Å². The summed E-state index contributed by atoms with van der Waals surface area (Å²) in [5, 5.41) is -1.48. The third kappa shape index (κ3) is 3.21. The summed E-state index contributed by atoms with van der Waals surface area (Å²) in [6.07, 6.45) is 0. The highest BCUT2D eigenvalue weighted by molar-refractivity contribution is 7.92. The Bertz CT molecular complexity index is 642. The Balaban J connectivity index is 2.29. The Labute approximate surface area is 121 Å². The van der Waals surface area contributed by atoms with Crippen LogP contribution in [0.25, 0.3) is 0 Å². The number of sulfone groups is 1. The molecule has 2 rings (SSSR count). The number of amides is 1. The number of hydrogen-bond donors (Lipinski definition) is 0. The van der Waals surface area contributed by atoms with E-state index in [1.807, 2.05) is 0 Å². The molecule has 116 valence electrons. The Kier molecular flexibility index (Phi) is 4.58. The van der Waals surface area contributed by atoms with E-state index in [0.717, 1.165) is 12.1 Å². The number of halogens is 2. The lowest BCUT2D eigenvalue weighted by Crippen LogP contribution is -2.47. The summed E-state index contributed by atoms with van der Waals surface area (Å²) in [7, 11) is -4.29. The van der Waals surface area contributed by atoms with E-state index < -0.39 is 37.5 Å². The standard InChI is InChI=1S/C13H15F2NO4S/c1-9(13(17)16-4-6-20-7-5-16)21(18,19)12-8-10(14)2-3-11(12)15/h2-3,8-9H,4-7H2,1H3. The second kappa shape index (κ2) is 6.07. The number of benzene rings is 1. The molecule has 1 aliphatic rings. The third-order valence-electron chi connectivity index (χ3n) is 3.34. The van der Waals surface area contributed by atoms with Crippen molar-refractivity contribution in [2.75, 3.05) is 26.3 Å². The summed E-state index contributed by atoms with van der Waals surface area (Å²) in [4.78, 5) is 12.7. The topological polar surface area (TPSA) is 63.7 Å². The van der Waals surface area contributed by atoms with Crippen LogP contribution in [0.15, 0.2) is 23.1 Å². The van der Waals surface area contributed by atoms with E-state index in [4.69, 9.17) is 4.74 Å².